The number of rotatable bonds is 6. The van der Waals surface area contributed by atoms with Gasteiger partial charge in [0.15, 0.2) is 0 Å². The topological polar surface area (TPSA) is 88.4 Å². The highest BCUT2D eigenvalue weighted by molar-refractivity contribution is 7.89. The van der Waals surface area contributed by atoms with Gasteiger partial charge in [-0.1, -0.05) is 0 Å². The maximum atomic E-state index is 12.3. The number of piperidine rings is 1. The predicted molar refractivity (Wildman–Crippen MR) is 72.2 cm³/mol. The normalized spacial score (nSPS) is 18.8. The van der Waals surface area contributed by atoms with Gasteiger partial charge in [0.05, 0.1) is 11.0 Å². The molecule has 108 valence electrons. The molecule has 0 aliphatic carbocycles. The summed E-state index contributed by atoms with van der Waals surface area (Å²) < 4.78 is 31.7. The van der Waals surface area contributed by atoms with Gasteiger partial charge in [0.1, 0.15) is 0 Å². The summed E-state index contributed by atoms with van der Waals surface area (Å²) in [5, 5.41) is 0. The van der Waals surface area contributed by atoms with E-state index in [1.54, 1.807) is 12.3 Å². The summed E-state index contributed by atoms with van der Waals surface area (Å²) in [6, 6.07) is 1.58. The minimum Gasteiger partial charge on any atom is -0.378 e. The number of nitrogens with zero attached hydrogens (tertiary/aromatic N) is 1. The summed E-state index contributed by atoms with van der Waals surface area (Å²) in [7, 11) is -3.34. The minimum atomic E-state index is -3.34. The van der Waals surface area contributed by atoms with Gasteiger partial charge < -0.3 is 15.5 Å². The highest BCUT2D eigenvalue weighted by Gasteiger charge is 2.29. The van der Waals surface area contributed by atoms with Crippen molar-refractivity contribution in [3.05, 3.63) is 18.5 Å². The Bertz CT molecular complexity index is 464. The van der Waals surface area contributed by atoms with Crippen LogP contribution >= 0.6 is 0 Å². The Labute approximate surface area is 114 Å². The lowest BCUT2D eigenvalue weighted by atomic mass is 10.1. The third-order valence-electron chi connectivity index (χ3n) is 3.31. The third-order valence-corrected chi connectivity index (χ3v) is 5.20. The molecule has 0 radical (unpaired) electrons. The van der Waals surface area contributed by atoms with Gasteiger partial charge in [-0.05, 0) is 31.9 Å². The molecule has 1 aliphatic heterocycles. The molecule has 0 aromatic carbocycles. The van der Waals surface area contributed by atoms with E-state index < -0.39 is 10.0 Å². The Balaban J connectivity index is 1.86. The quantitative estimate of drug-likeness (QED) is 0.747. The molecule has 0 spiro atoms. The Morgan fingerprint density at radius 2 is 2.16 bits per heavy atom. The number of ether oxygens (including phenoxy) is 1. The maximum absolute atomic E-state index is 12.3. The Morgan fingerprint density at radius 1 is 1.42 bits per heavy atom. The second kappa shape index (κ2) is 6.51. The van der Waals surface area contributed by atoms with Gasteiger partial charge in [0.2, 0.25) is 10.0 Å². The van der Waals surface area contributed by atoms with Crippen LogP contribution in [0.3, 0.4) is 0 Å². The van der Waals surface area contributed by atoms with Crippen molar-refractivity contribution in [1.82, 2.24) is 9.29 Å². The standard InChI is InChI=1S/C12H21N3O3S/c13-5-1-9-18-11-3-7-15(8-4-11)19(16,17)12-2-6-14-10-12/h2,6,10-11,14H,1,3-5,7-9,13H2. The Kier molecular flexibility index (Phi) is 4.98. The smallest absolute Gasteiger partial charge is 0.244 e. The van der Waals surface area contributed by atoms with E-state index >= 15 is 0 Å². The lowest BCUT2D eigenvalue weighted by molar-refractivity contribution is 0.0209. The van der Waals surface area contributed by atoms with Crippen LogP contribution in [0.4, 0.5) is 0 Å². The molecule has 0 unspecified atom stereocenters. The number of H-pyrrole nitrogens is 1. The van der Waals surface area contributed by atoms with Gasteiger partial charge >= 0.3 is 0 Å². The van der Waals surface area contributed by atoms with Crippen molar-refractivity contribution >= 4 is 10.0 Å². The second-order valence-electron chi connectivity index (χ2n) is 4.66. The number of sulfonamides is 1. The molecule has 0 bridgehead atoms. The zero-order valence-corrected chi connectivity index (χ0v) is 11.7. The SMILES string of the molecule is NCCCOC1CCN(S(=O)(=O)c2cc[nH]c2)CC1. The molecule has 1 aromatic heterocycles. The van der Waals surface area contributed by atoms with Gasteiger partial charge in [0, 0.05) is 32.1 Å². The second-order valence-corrected chi connectivity index (χ2v) is 6.60. The highest BCUT2D eigenvalue weighted by Crippen LogP contribution is 2.21. The molecule has 0 atom stereocenters. The first-order valence-corrected chi connectivity index (χ1v) is 8.03. The summed E-state index contributed by atoms with van der Waals surface area (Å²) in [6.45, 7) is 2.31. The van der Waals surface area contributed by atoms with E-state index in [0.717, 1.165) is 19.3 Å². The molecule has 19 heavy (non-hydrogen) atoms. The molecule has 1 saturated heterocycles. The van der Waals surface area contributed by atoms with Crippen molar-refractivity contribution < 1.29 is 13.2 Å². The highest BCUT2D eigenvalue weighted by atomic mass is 32.2. The van der Waals surface area contributed by atoms with E-state index in [2.05, 4.69) is 4.98 Å². The summed E-state index contributed by atoms with van der Waals surface area (Å²) in [5.74, 6) is 0. The summed E-state index contributed by atoms with van der Waals surface area (Å²) in [6.07, 6.45) is 5.63. The minimum absolute atomic E-state index is 0.157. The number of nitrogens with one attached hydrogen (secondary N) is 1. The van der Waals surface area contributed by atoms with Crippen LogP contribution in [0.25, 0.3) is 0 Å². The number of nitrogens with two attached hydrogens (primary N) is 1. The van der Waals surface area contributed by atoms with Crippen LogP contribution in [-0.2, 0) is 14.8 Å². The van der Waals surface area contributed by atoms with E-state index in [1.165, 1.54) is 10.5 Å². The Hall–Kier alpha value is -0.890. The molecular weight excluding hydrogens is 266 g/mol. The molecule has 2 heterocycles. The van der Waals surface area contributed by atoms with Gasteiger partial charge in [-0.3, -0.25) is 0 Å². The maximum Gasteiger partial charge on any atom is 0.244 e. The van der Waals surface area contributed by atoms with Crippen molar-refractivity contribution in [2.75, 3.05) is 26.2 Å². The molecule has 0 amide bonds. The first kappa shape index (κ1) is 14.5. The molecule has 6 nitrogen and oxygen atoms in total. The number of hydrogen-bond acceptors (Lipinski definition) is 4. The first-order chi connectivity index (χ1) is 9.14. The fraction of sp³-hybridized carbons (Fsp3) is 0.667. The van der Waals surface area contributed by atoms with Gasteiger partial charge in [-0.15, -0.1) is 0 Å². The van der Waals surface area contributed by atoms with E-state index in [-0.39, 0.29) is 6.10 Å². The van der Waals surface area contributed by atoms with Crippen molar-refractivity contribution in [2.24, 2.45) is 5.73 Å². The van der Waals surface area contributed by atoms with Crippen LogP contribution in [0.15, 0.2) is 23.4 Å². The molecule has 1 fully saturated rings. The lowest BCUT2D eigenvalue weighted by Gasteiger charge is -2.30. The van der Waals surface area contributed by atoms with Crippen molar-refractivity contribution in [2.45, 2.75) is 30.3 Å². The Morgan fingerprint density at radius 3 is 2.74 bits per heavy atom. The lowest BCUT2D eigenvalue weighted by Crippen LogP contribution is -2.40. The fourth-order valence-corrected chi connectivity index (χ4v) is 3.64. The van der Waals surface area contributed by atoms with E-state index in [4.69, 9.17) is 10.5 Å². The molecule has 2 rings (SSSR count). The third kappa shape index (κ3) is 3.56. The number of aromatic amines is 1. The van der Waals surface area contributed by atoms with Crippen LogP contribution in [0, 0.1) is 0 Å². The summed E-state index contributed by atoms with van der Waals surface area (Å²) in [4.78, 5) is 3.10. The molecule has 0 saturated carbocycles. The average molecular weight is 287 g/mol. The fourth-order valence-electron chi connectivity index (χ4n) is 2.19. The molecule has 1 aromatic rings. The van der Waals surface area contributed by atoms with Crippen LogP contribution in [0.2, 0.25) is 0 Å². The average Bonchev–Trinajstić information content (AvgIpc) is 2.94. The number of aromatic nitrogens is 1. The van der Waals surface area contributed by atoms with Crippen LogP contribution in [0.5, 0.6) is 0 Å². The van der Waals surface area contributed by atoms with E-state index in [1.807, 2.05) is 0 Å². The molecule has 7 heteroatoms. The molecule has 3 N–H and O–H groups in total. The van der Waals surface area contributed by atoms with Gasteiger partial charge in [-0.25, -0.2) is 8.42 Å². The first-order valence-electron chi connectivity index (χ1n) is 6.59. The summed E-state index contributed by atoms with van der Waals surface area (Å²) in [5.41, 5.74) is 5.41. The van der Waals surface area contributed by atoms with Crippen molar-refractivity contribution in [1.29, 1.82) is 0 Å². The molecule has 1 aliphatic rings. The summed E-state index contributed by atoms with van der Waals surface area (Å²) >= 11 is 0. The van der Waals surface area contributed by atoms with Crippen LogP contribution in [0.1, 0.15) is 19.3 Å². The predicted octanol–water partition coefficient (Wildman–Crippen LogP) is 0.533. The van der Waals surface area contributed by atoms with Gasteiger partial charge in [0.25, 0.3) is 0 Å². The van der Waals surface area contributed by atoms with Crippen molar-refractivity contribution in [3.8, 4) is 0 Å². The molecular formula is C12H21N3O3S. The monoisotopic (exact) mass is 287 g/mol. The largest absolute Gasteiger partial charge is 0.378 e. The van der Waals surface area contributed by atoms with Gasteiger partial charge in [-0.2, -0.15) is 4.31 Å². The van der Waals surface area contributed by atoms with Crippen molar-refractivity contribution in [3.63, 3.8) is 0 Å². The number of hydrogen-bond donors (Lipinski definition) is 2. The van der Waals surface area contributed by atoms with E-state index in [9.17, 15) is 8.42 Å². The zero-order chi connectivity index (χ0) is 13.7. The van der Waals surface area contributed by atoms with Crippen LogP contribution in [-0.4, -0.2) is 50.1 Å². The van der Waals surface area contributed by atoms with E-state index in [0.29, 0.717) is 31.1 Å². The zero-order valence-electron chi connectivity index (χ0n) is 10.9. The van der Waals surface area contributed by atoms with Crippen LogP contribution < -0.4 is 5.73 Å².